The highest BCUT2D eigenvalue weighted by Crippen LogP contribution is 2.23. The number of rotatable bonds is 6. The molecular weight excluding hydrogens is 340 g/mol. The number of β-amino-alcohol motifs (C(OH)–C–C–N with tert-alkyl or cyclic N) is 1. The Morgan fingerprint density at radius 2 is 1.85 bits per heavy atom. The van der Waals surface area contributed by atoms with Crippen molar-refractivity contribution in [2.75, 3.05) is 26.2 Å². The maximum absolute atomic E-state index is 12.5. The number of benzene rings is 2. The van der Waals surface area contributed by atoms with Crippen LogP contribution in [0, 0.1) is 0 Å². The Labute approximate surface area is 160 Å². The number of amides is 1. The van der Waals surface area contributed by atoms with Gasteiger partial charge >= 0.3 is 0 Å². The minimum atomic E-state index is -0.501. The molecule has 0 aliphatic carbocycles. The number of likely N-dealkylation sites (tertiary alicyclic amines) is 1. The largest absolute Gasteiger partial charge is 0.395 e. The van der Waals surface area contributed by atoms with E-state index < -0.39 is 6.10 Å². The maximum Gasteiger partial charge on any atom is 0.251 e. The van der Waals surface area contributed by atoms with E-state index in [1.165, 1.54) is 0 Å². The lowest BCUT2D eigenvalue weighted by atomic mass is 9.99. The predicted octanol–water partition coefficient (Wildman–Crippen LogP) is 2.59. The van der Waals surface area contributed by atoms with E-state index >= 15 is 0 Å². The van der Waals surface area contributed by atoms with Crippen LogP contribution in [0.15, 0.2) is 48.5 Å². The van der Waals surface area contributed by atoms with Gasteiger partial charge in [-0.3, -0.25) is 4.79 Å². The fourth-order valence-electron chi connectivity index (χ4n) is 3.50. The summed E-state index contributed by atoms with van der Waals surface area (Å²) in [5, 5.41) is 21.9. The minimum Gasteiger partial charge on any atom is -0.395 e. The minimum absolute atomic E-state index is 0.0418. The van der Waals surface area contributed by atoms with Gasteiger partial charge in [0.05, 0.1) is 12.7 Å². The van der Waals surface area contributed by atoms with Crippen molar-refractivity contribution in [3.05, 3.63) is 59.7 Å². The van der Waals surface area contributed by atoms with Gasteiger partial charge in [0.25, 0.3) is 5.91 Å². The zero-order valence-electron chi connectivity index (χ0n) is 15.8. The normalized spacial score (nSPS) is 16.9. The molecule has 1 aliphatic rings. The summed E-state index contributed by atoms with van der Waals surface area (Å²) in [6.45, 7) is 4.46. The highest BCUT2D eigenvalue weighted by molar-refractivity contribution is 5.94. The van der Waals surface area contributed by atoms with Gasteiger partial charge in [0.15, 0.2) is 0 Å². The number of carbonyl (C=O) groups excluding carboxylic acids is 1. The van der Waals surface area contributed by atoms with Gasteiger partial charge in [-0.1, -0.05) is 30.3 Å². The van der Waals surface area contributed by atoms with Crippen molar-refractivity contribution in [1.82, 2.24) is 10.2 Å². The second-order valence-corrected chi connectivity index (χ2v) is 7.19. The van der Waals surface area contributed by atoms with Gasteiger partial charge < -0.3 is 20.4 Å². The smallest absolute Gasteiger partial charge is 0.251 e. The van der Waals surface area contributed by atoms with E-state index in [4.69, 9.17) is 5.11 Å². The van der Waals surface area contributed by atoms with Gasteiger partial charge in [-0.05, 0) is 54.7 Å². The molecule has 1 atom stereocenters. The van der Waals surface area contributed by atoms with E-state index in [0.29, 0.717) is 12.1 Å². The van der Waals surface area contributed by atoms with E-state index in [1.54, 1.807) is 6.92 Å². The first-order chi connectivity index (χ1) is 13.1. The Morgan fingerprint density at radius 3 is 2.48 bits per heavy atom. The highest BCUT2D eigenvalue weighted by Gasteiger charge is 2.20. The number of aliphatic hydroxyl groups excluding tert-OH is 2. The zero-order chi connectivity index (χ0) is 19.2. The van der Waals surface area contributed by atoms with Crippen LogP contribution in [-0.4, -0.2) is 53.3 Å². The fraction of sp³-hybridized carbons (Fsp3) is 0.409. The number of carbonyl (C=O) groups is 1. The molecule has 0 radical (unpaired) electrons. The second-order valence-electron chi connectivity index (χ2n) is 7.19. The van der Waals surface area contributed by atoms with Crippen molar-refractivity contribution in [3.8, 4) is 11.1 Å². The van der Waals surface area contributed by atoms with Crippen LogP contribution in [0.1, 0.15) is 41.8 Å². The third-order valence-electron chi connectivity index (χ3n) is 5.19. The van der Waals surface area contributed by atoms with Crippen LogP contribution in [0.4, 0.5) is 0 Å². The van der Waals surface area contributed by atoms with Crippen LogP contribution in [0.2, 0.25) is 0 Å². The SMILES string of the molecule is C[C@H](O)c1cccc(-c2ccc(C(=O)NC3CCN(CCO)CC3)cc2)c1. The molecule has 0 bridgehead atoms. The summed E-state index contributed by atoms with van der Waals surface area (Å²) in [5.74, 6) is -0.0418. The molecule has 2 aromatic carbocycles. The Hall–Kier alpha value is -2.21. The van der Waals surface area contributed by atoms with E-state index in [0.717, 1.165) is 42.6 Å². The van der Waals surface area contributed by atoms with Crippen molar-refractivity contribution in [2.45, 2.75) is 31.9 Å². The van der Waals surface area contributed by atoms with Crippen molar-refractivity contribution >= 4 is 5.91 Å². The van der Waals surface area contributed by atoms with Gasteiger partial charge in [-0.15, -0.1) is 0 Å². The molecule has 3 rings (SSSR count). The van der Waals surface area contributed by atoms with Crippen molar-refractivity contribution in [3.63, 3.8) is 0 Å². The molecule has 1 heterocycles. The molecule has 0 unspecified atom stereocenters. The van der Waals surface area contributed by atoms with Crippen LogP contribution >= 0.6 is 0 Å². The Bertz CT molecular complexity index is 750. The second kappa shape index (κ2) is 9.13. The number of aliphatic hydroxyl groups is 2. The van der Waals surface area contributed by atoms with Crippen molar-refractivity contribution in [1.29, 1.82) is 0 Å². The first kappa shape index (κ1) is 19.5. The lowest BCUT2D eigenvalue weighted by molar-refractivity contribution is 0.0903. The standard InChI is InChI=1S/C22H28N2O3/c1-16(26)19-3-2-4-20(15-19)17-5-7-18(8-6-17)22(27)23-21-9-11-24(12-10-21)13-14-25/h2-8,15-16,21,25-26H,9-14H2,1H3,(H,23,27)/t16-/m0/s1. The predicted molar refractivity (Wildman–Crippen MR) is 107 cm³/mol. The summed E-state index contributed by atoms with van der Waals surface area (Å²) in [6, 6.07) is 15.6. The van der Waals surface area contributed by atoms with Crippen molar-refractivity contribution in [2.24, 2.45) is 0 Å². The molecule has 1 saturated heterocycles. The number of piperidine rings is 1. The molecule has 5 heteroatoms. The van der Waals surface area contributed by atoms with Crippen LogP contribution in [0.3, 0.4) is 0 Å². The lowest BCUT2D eigenvalue weighted by Crippen LogP contribution is -2.45. The third kappa shape index (κ3) is 5.16. The molecule has 144 valence electrons. The Morgan fingerprint density at radius 1 is 1.15 bits per heavy atom. The molecule has 1 fully saturated rings. The average Bonchev–Trinajstić information content (AvgIpc) is 2.70. The number of nitrogens with zero attached hydrogens (tertiary/aromatic N) is 1. The summed E-state index contributed by atoms with van der Waals surface area (Å²) < 4.78 is 0. The van der Waals surface area contributed by atoms with Gasteiger partial charge in [0, 0.05) is 31.2 Å². The molecule has 3 N–H and O–H groups in total. The average molecular weight is 368 g/mol. The summed E-state index contributed by atoms with van der Waals surface area (Å²) in [7, 11) is 0. The van der Waals surface area contributed by atoms with E-state index in [1.807, 2.05) is 48.5 Å². The molecular formula is C22H28N2O3. The first-order valence-electron chi connectivity index (χ1n) is 9.59. The van der Waals surface area contributed by atoms with Crippen LogP contribution in [0.5, 0.6) is 0 Å². The van der Waals surface area contributed by atoms with Gasteiger partial charge in [-0.25, -0.2) is 0 Å². The molecule has 2 aromatic rings. The molecule has 1 aliphatic heterocycles. The molecule has 27 heavy (non-hydrogen) atoms. The molecule has 5 nitrogen and oxygen atoms in total. The third-order valence-corrected chi connectivity index (χ3v) is 5.19. The Balaban J connectivity index is 1.60. The van der Waals surface area contributed by atoms with E-state index in [2.05, 4.69) is 10.2 Å². The summed E-state index contributed by atoms with van der Waals surface area (Å²) in [4.78, 5) is 14.7. The van der Waals surface area contributed by atoms with Crippen LogP contribution in [-0.2, 0) is 0 Å². The molecule has 0 saturated carbocycles. The van der Waals surface area contributed by atoms with Crippen molar-refractivity contribution < 1.29 is 15.0 Å². The van der Waals surface area contributed by atoms with Gasteiger partial charge in [0.1, 0.15) is 0 Å². The Kier molecular flexibility index (Phi) is 6.61. The first-order valence-corrected chi connectivity index (χ1v) is 9.59. The summed E-state index contributed by atoms with van der Waals surface area (Å²) in [5.41, 5.74) is 3.58. The van der Waals surface area contributed by atoms with E-state index in [-0.39, 0.29) is 18.6 Å². The monoisotopic (exact) mass is 368 g/mol. The maximum atomic E-state index is 12.5. The topological polar surface area (TPSA) is 72.8 Å². The van der Waals surface area contributed by atoms with Crippen LogP contribution < -0.4 is 5.32 Å². The molecule has 0 aromatic heterocycles. The van der Waals surface area contributed by atoms with Gasteiger partial charge in [0.2, 0.25) is 0 Å². The van der Waals surface area contributed by atoms with E-state index in [9.17, 15) is 9.90 Å². The highest BCUT2D eigenvalue weighted by atomic mass is 16.3. The van der Waals surface area contributed by atoms with Crippen LogP contribution in [0.25, 0.3) is 11.1 Å². The molecule has 0 spiro atoms. The fourth-order valence-corrected chi connectivity index (χ4v) is 3.50. The molecule has 1 amide bonds. The summed E-state index contributed by atoms with van der Waals surface area (Å²) >= 11 is 0. The zero-order valence-corrected chi connectivity index (χ0v) is 15.8. The van der Waals surface area contributed by atoms with Gasteiger partial charge in [-0.2, -0.15) is 0 Å². The lowest BCUT2D eigenvalue weighted by Gasteiger charge is -2.31. The number of hydrogen-bond donors (Lipinski definition) is 3. The number of hydrogen-bond acceptors (Lipinski definition) is 4. The summed E-state index contributed by atoms with van der Waals surface area (Å²) in [6.07, 6.45) is 1.32. The number of nitrogens with one attached hydrogen (secondary N) is 1. The quantitative estimate of drug-likeness (QED) is 0.733.